The standard InChI is InChI=1S/C37H28NS/c1-23-25-12-4-3-11-24(25)19-20-26(23)35-37-33(21-22-38(35)2)34-31-17-9-7-15-29(31)27-13-5-6-14-28(27)30-16-8-10-18-32(30)36(34)39-37/h3-7,9-15,17-22H,8,16H2,1-2H3/q+1. The average Bonchev–Trinajstić information content (AvgIpc) is 3.36. The van der Waals surface area contributed by atoms with Crippen LogP contribution >= 0.6 is 11.3 Å². The number of benzene rings is 4. The Kier molecular flexibility index (Phi) is 5.02. The van der Waals surface area contributed by atoms with Crippen LogP contribution in [0.1, 0.15) is 28.8 Å². The molecular formula is C37H28NS+. The predicted octanol–water partition coefficient (Wildman–Crippen LogP) is 9.76. The molecule has 1 nitrogen and oxygen atoms in total. The molecule has 0 N–H and O–H groups in total. The second-order valence-corrected chi connectivity index (χ2v) is 11.7. The molecule has 186 valence electrons. The molecule has 0 saturated heterocycles. The number of allylic oxidation sites excluding steroid dienone is 4. The number of aryl methyl sites for hydroxylation is 2. The van der Waals surface area contributed by atoms with Gasteiger partial charge in [0, 0.05) is 21.9 Å². The van der Waals surface area contributed by atoms with Gasteiger partial charge in [-0.05, 0) is 75.6 Å². The predicted molar refractivity (Wildman–Crippen MR) is 167 cm³/mol. The fourth-order valence-electron chi connectivity index (χ4n) is 6.73. The van der Waals surface area contributed by atoms with Crippen molar-refractivity contribution in [1.29, 1.82) is 0 Å². The van der Waals surface area contributed by atoms with Crippen LogP contribution in [-0.2, 0) is 7.05 Å². The zero-order chi connectivity index (χ0) is 26.1. The Bertz CT molecular complexity index is 2030. The molecule has 39 heavy (non-hydrogen) atoms. The van der Waals surface area contributed by atoms with Gasteiger partial charge in [-0.15, -0.1) is 11.3 Å². The Morgan fingerprint density at radius 2 is 1.41 bits per heavy atom. The molecule has 2 aliphatic rings. The second-order valence-electron chi connectivity index (χ2n) is 10.7. The number of fused-ring (bicyclic) bond motifs is 10. The molecular weight excluding hydrogens is 490 g/mol. The van der Waals surface area contributed by atoms with Crippen LogP contribution in [0.15, 0.2) is 109 Å². The number of pyridine rings is 1. The van der Waals surface area contributed by atoms with E-state index in [2.05, 4.69) is 128 Å². The van der Waals surface area contributed by atoms with Crippen LogP contribution in [0.5, 0.6) is 0 Å². The van der Waals surface area contributed by atoms with Gasteiger partial charge in [0.05, 0.1) is 5.56 Å². The highest BCUT2D eigenvalue weighted by Crippen LogP contribution is 2.53. The van der Waals surface area contributed by atoms with E-state index >= 15 is 0 Å². The molecule has 0 amide bonds. The van der Waals surface area contributed by atoms with E-state index in [0.29, 0.717) is 0 Å². The monoisotopic (exact) mass is 518 g/mol. The third-order valence-electron chi connectivity index (χ3n) is 8.59. The molecule has 0 saturated carbocycles. The number of hydrogen-bond acceptors (Lipinski definition) is 1. The third-order valence-corrected chi connectivity index (χ3v) is 9.83. The molecule has 2 heterocycles. The van der Waals surface area contributed by atoms with E-state index in [1.165, 1.54) is 81.5 Å². The maximum Gasteiger partial charge on any atom is 0.230 e. The SMILES string of the molecule is Cc1c(-c2c3sc4c(c3cc[n+]2C)-c2ccccc2-c2ccccc2C2=C4C=CCC2)ccc2ccccc12. The lowest BCUT2D eigenvalue weighted by Gasteiger charge is -2.24. The van der Waals surface area contributed by atoms with Crippen LogP contribution in [0.2, 0.25) is 0 Å². The van der Waals surface area contributed by atoms with E-state index in [1.54, 1.807) is 0 Å². The zero-order valence-corrected chi connectivity index (χ0v) is 23.0. The van der Waals surface area contributed by atoms with Gasteiger partial charge in [0.1, 0.15) is 11.7 Å². The Balaban J connectivity index is 1.52. The summed E-state index contributed by atoms with van der Waals surface area (Å²) in [5.41, 5.74) is 13.5. The third kappa shape index (κ3) is 3.28. The highest BCUT2D eigenvalue weighted by Gasteiger charge is 2.30. The molecule has 0 fully saturated rings. The summed E-state index contributed by atoms with van der Waals surface area (Å²) >= 11 is 1.97. The quantitative estimate of drug-likeness (QED) is 0.191. The van der Waals surface area contributed by atoms with E-state index in [0.717, 1.165) is 12.8 Å². The first-order valence-corrected chi connectivity index (χ1v) is 14.6. The van der Waals surface area contributed by atoms with Gasteiger partial charge < -0.3 is 0 Å². The Morgan fingerprint density at radius 1 is 0.692 bits per heavy atom. The van der Waals surface area contributed by atoms with Crippen molar-refractivity contribution in [1.82, 2.24) is 0 Å². The van der Waals surface area contributed by atoms with Gasteiger partial charge in [0.15, 0.2) is 6.20 Å². The summed E-state index contributed by atoms with van der Waals surface area (Å²) in [6, 6.07) is 33.7. The number of aromatic nitrogens is 1. The lowest BCUT2D eigenvalue weighted by atomic mass is 9.80. The number of hydrogen-bond donors (Lipinski definition) is 0. The van der Waals surface area contributed by atoms with Crippen LogP contribution in [0, 0.1) is 6.92 Å². The van der Waals surface area contributed by atoms with Crippen LogP contribution in [0.3, 0.4) is 0 Å². The lowest BCUT2D eigenvalue weighted by molar-refractivity contribution is -0.659. The smallest absolute Gasteiger partial charge is 0.200 e. The van der Waals surface area contributed by atoms with Gasteiger partial charge in [-0.25, -0.2) is 0 Å². The minimum absolute atomic E-state index is 1.07. The molecule has 8 rings (SSSR count). The van der Waals surface area contributed by atoms with Crippen molar-refractivity contribution in [3.05, 3.63) is 125 Å². The summed E-state index contributed by atoms with van der Waals surface area (Å²) in [5.74, 6) is 0. The molecule has 4 aromatic carbocycles. The summed E-state index contributed by atoms with van der Waals surface area (Å²) in [5, 5.41) is 3.96. The summed E-state index contributed by atoms with van der Waals surface area (Å²) in [6.45, 7) is 2.27. The van der Waals surface area contributed by atoms with E-state index in [9.17, 15) is 0 Å². The molecule has 0 unspecified atom stereocenters. The van der Waals surface area contributed by atoms with Crippen molar-refractivity contribution in [2.24, 2.45) is 7.05 Å². The normalized spacial score (nSPS) is 14.0. The van der Waals surface area contributed by atoms with Crippen LogP contribution < -0.4 is 4.57 Å². The second kappa shape index (κ2) is 8.62. The molecule has 0 aliphatic heterocycles. The minimum atomic E-state index is 1.07. The Morgan fingerprint density at radius 3 is 2.26 bits per heavy atom. The first kappa shape index (κ1) is 22.7. The summed E-state index contributed by atoms with van der Waals surface area (Å²) in [4.78, 5) is 1.39. The van der Waals surface area contributed by atoms with Gasteiger partial charge in [0.25, 0.3) is 0 Å². The van der Waals surface area contributed by atoms with Crippen LogP contribution in [0.25, 0.3) is 65.5 Å². The summed E-state index contributed by atoms with van der Waals surface area (Å²) in [6.07, 6.45) is 9.16. The van der Waals surface area contributed by atoms with Gasteiger partial charge in [-0.2, -0.15) is 4.57 Å². The van der Waals surface area contributed by atoms with E-state index < -0.39 is 0 Å². The van der Waals surface area contributed by atoms with Gasteiger partial charge >= 0.3 is 0 Å². The van der Waals surface area contributed by atoms with Crippen LogP contribution in [0.4, 0.5) is 0 Å². The Labute approximate surface area is 233 Å². The molecule has 2 aromatic heterocycles. The van der Waals surface area contributed by atoms with E-state index in [4.69, 9.17) is 0 Å². The number of rotatable bonds is 1. The topological polar surface area (TPSA) is 3.88 Å². The fraction of sp³-hybridized carbons (Fsp3) is 0.108. The lowest BCUT2D eigenvalue weighted by Crippen LogP contribution is -2.30. The highest BCUT2D eigenvalue weighted by atomic mass is 32.1. The minimum Gasteiger partial charge on any atom is -0.200 e. The largest absolute Gasteiger partial charge is 0.230 e. The van der Waals surface area contributed by atoms with Crippen molar-refractivity contribution in [2.45, 2.75) is 19.8 Å². The van der Waals surface area contributed by atoms with E-state index in [-0.39, 0.29) is 0 Å². The van der Waals surface area contributed by atoms with Crippen molar-refractivity contribution < 1.29 is 4.57 Å². The molecule has 2 aliphatic carbocycles. The molecule has 0 spiro atoms. The summed E-state index contributed by atoms with van der Waals surface area (Å²) < 4.78 is 3.67. The Hall–Kier alpha value is -4.27. The maximum absolute atomic E-state index is 2.39. The van der Waals surface area contributed by atoms with Crippen LogP contribution in [-0.4, -0.2) is 0 Å². The van der Waals surface area contributed by atoms with Gasteiger partial charge in [-0.1, -0.05) is 91.0 Å². The first-order chi connectivity index (χ1) is 19.2. The van der Waals surface area contributed by atoms with Crippen molar-refractivity contribution >= 4 is 43.3 Å². The van der Waals surface area contributed by atoms with Gasteiger partial charge in [0.2, 0.25) is 5.69 Å². The summed E-state index contributed by atoms with van der Waals surface area (Å²) in [7, 11) is 2.19. The molecule has 0 bridgehead atoms. The molecule has 6 aromatic rings. The zero-order valence-electron chi connectivity index (χ0n) is 22.2. The fourth-order valence-corrected chi connectivity index (χ4v) is 8.18. The number of nitrogens with zero attached hydrogens (tertiary/aromatic N) is 1. The highest BCUT2D eigenvalue weighted by molar-refractivity contribution is 7.21. The average molecular weight is 519 g/mol. The maximum atomic E-state index is 2.39. The van der Waals surface area contributed by atoms with Crippen molar-refractivity contribution in [2.75, 3.05) is 0 Å². The number of thiophene rings is 1. The van der Waals surface area contributed by atoms with Crippen molar-refractivity contribution in [3.63, 3.8) is 0 Å². The first-order valence-electron chi connectivity index (χ1n) is 13.7. The molecule has 0 radical (unpaired) electrons. The molecule has 0 atom stereocenters. The van der Waals surface area contributed by atoms with E-state index in [1.807, 2.05) is 11.3 Å². The molecule has 2 heteroatoms. The van der Waals surface area contributed by atoms with Gasteiger partial charge in [-0.3, -0.25) is 0 Å². The van der Waals surface area contributed by atoms with Crippen molar-refractivity contribution in [3.8, 4) is 33.5 Å².